The minimum Gasteiger partial charge on any atom is -0.483 e. The van der Waals surface area contributed by atoms with E-state index >= 15 is 0 Å². The molecule has 0 saturated heterocycles. The Kier molecular flexibility index (Phi) is 8.85. The Morgan fingerprint density at radius 2 is 1.77 bits per heavy atom. The molecule has 0 aliphatic rings. The molecule has 0 aliphatic heterocycles. The number of aryl methyl sites for hydroxylation is 1. The zero-order valence-corrected chi connectivity index (χ0v) is 22.0. The summed E-state index contributed by atoms with van der Waals surface area (Å²) in [6.45, 7) is 3.88. The number of ketones is 1. The summed E-state index contributed by atoms with van der Waals surface area (Å²) in [5.41, 5.74) is -2.50. The van der Waals surface area contributed by atoms with Crippen LogP contribution in [0.15, 0.2) is 48.5 Å². The third kappa shape index (κ3) is 7.57. The molecule has 0 spiro atoms. The normalized spacial score (nSPS) is 11.3. The average Bonchev–Trinajstić information content (AvgIpc) is 2.86. The van der Waals surface area contributed by atoms with E-state index in [0.717, 1.165) is 6.07 Å². The molecule has 0 radical (unpaired) electrons. The van der Waals surface area contributed by atoms with Crippen LogP contribution in [0.2, 0.25) is 5.02 Å². The SMILES string of the molecule is Cc1nc(C#CC(C)(C)C(=O)O)ccc1NC(=O)COc1ccc(Cl)cc1C(=O)c1cc(F)cc(C(F)(F)F)c1. The Hall–Kier alpha value is -4.43. The number of hydrogen-bond acceptors (Lipinski definition) is 5. The van der Waals surface area contributed by atoms with Gasteiger partial charge in [0.2, 0.25) is 0 Å². The first-order chi connectivity index (χ1) is 18.6. The first-order valence-electron chi connectivity index (χ1n) is 11.5. The Morgan fingerprint density at radius 3 is 2.40 bits per heavy atom. The van der Waals surface area contributed by atoms with Crippen molar-refractivity contribution in [2.75, 3.05) is 11.9 Å². The van der Waals surface area contributed by atoms with E-state index in [4.69, 9.17) is 21.4 Å². The molecule has 2 N–H and O–H groups in total. The maximum Gasteiger partial charge on any atom is 0.416 e. The van der Waals surface area contributed by atoms with Crippen LogP contribution in [0.3, 0.4) is 0 Å². The molecule has 1 amide bonds. The molecule has 0 unspecified atom stereocenters. The largest absolute Gasteiger partial charge is 0.483 e. The third-order valence-corrected chi connectivity index (χ3v) is 5.67. The van der Waals surface area contributed by atoms with Crippen molar-refractivity contribution in [2.24, 2.45) is 5.41 Å². The van der Waals surface area contributed by atoms with E-state index in [1.165, 1.54) is 38.1 Å². The van der Waals surface area contributed by atoms with Crippen molar-refractivity contribution in [3.8, 4) is 17.6 Å². The summed E-state index contributed by atoms with van der Waals surface area (Å²) in [5.74, 6) is 1.13. The average molecular weight is 577 g/mol. The van der Waals surface area contributed by atoms with Gasteiger partial charge in [-0.1, -0.05) is 17.5 Å². The topological polar surface area (TPSA) is 106 Å². The lowest BCUT2D eigenvalue weighted by Gasteiger charge is -2.13. The number of anilines is 1. The maximum absolute atomic E-state index is 13.9. The first-order valence-corrected chi connectivity index (χ1v) is 11.8. The molecule has 3 rings (SSSR count). The number of halogens is 5. The molecule has 1 aromatic heterocycles. The van der Waals surface area contributed by atoms with Gasteiger partial charge < -0.3 is 15.2 Å². The van der Waals surface area contributed by atoms with E-state index in [1.807, 2.05) is 0 Å². The summed E-state index contributed by atoms with van der Waals surface area (Å²) >= 11 is 5.96. The quantitative estimate of drug-likeness (QED) is 0.206. The molecule has 0 saturated carbocycles. The summed E-state index contributed by atoms with van der Waals surface area (Å²) in [7, 11) is 0. The second kappa shape index (κ2) is 11.8. The van der Waals surface area contributed by atoms with Gasteiger partial charge in [0.05, 0.1) is 22.5 Å². The number of carbonyl (C=O) groups is 3. The Bertz CT molecular complexity index is 1560. The van der Waals surface area contributed by atoms with Crippen molar-refractivity contribution in [3.05, 3.63) is 87.4 Å². The van der Waals surface area contributed by atoms with E-state index in [0.29, 0.717) is 23.5 Å². The number of nitrogens with zero attached hydrogens (tertiary/aromatic N) is 1. The number of nitrogens with one attached hydrogen (secondary N) is 1. The summed E-state index contributed by atoms with van der Waals surface area (Å²) in [6.07, 6.45) is -4.88. The zero-order valence-electron chi connectivity index (χ0n) is 21.2. The van der Waals surface area contributed by atoms with Gasteiger partial charge in [-0.15, -0.1) is 0 Å². The van der Waals surface area contributed by atoms with Crippen LogP contribution in [0.1, 0.15) is 46.7 Å². The minimum atomic E-state index is -4.88. The number of alkyl halides is 3. The van der Waals surface area contributed by atoms with Crippen LogP contribution in [0.25, 0.3) is 0 Å². The van der Waals surface area contributed by atoms with E-state index in [2.05, 4.69) is 22.1 Å². The second-order valence-electron chi connectivity index (χ2n) is 9.04. The highest BCUT2D eigenvalue weighted by molar-refractivity contribution is 6.31. The van der Waals surface area contributed by atoms with Crippen LogP contribution in [0, 0.1) is 30.0 Å². The molecule has 3 aromatic rings. The van der Waals surface area contributed by atoms with Gasteiger partial charge >= 0.3 is 12.1 Å². The van der Waals surface area contributed by atoms with Gasteiger partial charge in [-0.2, -0.15) is 13.2 Å². The van der Waals surface area contributed by atoms with Crippen LogP contribution in [-0.4, -0.2) is 34.4 Å². The predicted octanol–water partition coefficient (Wildman–Crippen LogP) is 5.91. The van der Waals surface area contributed by atoms with E-state index in [9.17, 15) is 31.9 Å². The molecule has 40 heavy (non-hydrogen) atoms. The predicted molar refractivity (Wildman–Crippen MR) is 138 cm³/mol. The lowest BCUT2D eigenvalue weighted by Crippen LogP contribution is -2.22. The Balaban J connectivity index is 1.76. The number of carbonyl (C=O) groups excluding carboxylic acids is 2. The summed E-state index contributed by atoms with van der Waals surface area (Å²) in [6, 6.07) is 8.16. The van der Waals surface area contributed by atoms with Gasteiger partial charge in [0, 0.05) is 10.6 Å². The van der Waals surface area contributed by atoms with Gasteiger partial charge in [-0.05, 0) is 75.2 Å². The van der Waals surface area contributed by atoms with Crippen LogP contribution < -0.4 is 10.1 Å². The number of carboxylic acid groups (broad SMARTS) is 1. The Morgan fingerprint density at radius 1 is 1.07 bits per heavy atom. The molecule has 7 nitrogen and oxygen atoms in total. The number of pyridine rings is 1. The monoisotopic (exact) mass is 576 g/mol. The highest BCUT2D eigenvalue weighted by Crippen LogP contribution is 2.32. The summed E-state index contributed by atoms with van der Waals surface area (Å²) < 4.78 is 58.6. The van der Waals surface area contributed by atoms with Crippen molar-refractivity contribution in [2.45, 2.75) is 26.9 Å². The van der Waals surface area contributed by atoms with E-state index in [-0.39, 0.29) is 28.1 Å². The van der Waals surface area contributed by atoms with E-state index in [1.54, 1.807) is 6.92 Å². The molecular formula is C28H21ClF4N2O5. The smallest absolute Gasteiger partial charge is 0.416 e. The summed E-state index contributed by atoms with van der Waals surface area (Å²) in [4.78, 5) is 40.9. The molecule has 2 aromatic carbocycles. The number of aliphatic carboxylic acids is 1. The van der Waals surface area contributed by atoms with Crippen molar-refractivity contribution in [1.82, 2.24) is 4.98 Å². The minimum absolute atomic E-state index is 0.0595. The molecule has 0 atom stereocenters. The number of carboxylic acids is 1. The van der Waals surface area contributed by atoms with Crippen molar-refractivity contribution in [3.63, 3.8) is 0 Å². The van der Waals surface area contributed by atoms with Gasteiger partial charge in [0.1, 0.15) is 22.7 Å². The molecular weight excluding hydrogens is 556 g/mol. The molecule has 0 bridgehead atoms. The number of rotatable bonds is 7. The lowest BCUT2D eigenvalue weighted by molar-refractivity contribution is -0.143. The molecule has 0 fully saturated rings. The fourth-order valence-electron chi connectivity index (χ4n) is 3.21. The molecule has 1 heterocycles. The summed E-state index contributed by atoms with van der Waals surface area (Å²) in [5, 5.41) is 11.8. The number of ether oxygens (including phenoxy) is 1. The van der Waals surface area contributed by atoms with Gasteiger partial charge in [0.25, 0.3) is 5.91 Å². The Labute approximate surface area is 231 Å². The fraction of sp³-hybridized carbons (Fsp3) is 0.214. The van der Waals surface area contributed by atoms with Crippen LogP contribution in [0.4, 0.5) is 23.2 Å². The van der Waals surface area contributed by atoms with Crippen LogP contribution in [-0.2, 0) is 15.8 Å². The number of aromatic nitrogens is 1. The standard InChI is InChI=1S/C28H21ClF4N2O5/c1-15-22(6-5-20(34-15)8-9-27(2,3)26(38)39)35-24(36)14-40-23-7-4-18(29)13-21(23)25(37)16-10-17(28(31,32)33)12-19(30)11-16/h4-7,10-13H,14H2,1-3H3,(H,35,36)(H,38,39). The number of amides is 1. The highest BCUT2D eigenvalue weighted by Gasteiger charge is 2.32. The maximum atomic E-state index is 13.9. The first kappa shape index (κ1) is 30.1. The van der Waals surface area contributed by atoms with Crippen LogP contribution >= 0.6 is 11.6 Å². The number of benzene rings is 2. The number of hydrogen-bond donors (Lipinski definition) is 2. The van der Waals surface area contributed by atoms with Gasteiger partial charge in [0.15, 0.2) is 12.4 Å². The molecule has 0 aliphatic carbocycles. The second-order valence-corrected chi connectivity index (χ2v) is 9.48. The highest BCUT2D eigenvalue weighted by atomic mass is 35.5. The van der Waals surface area contributed by atoms with Crippen molar-refractivity contribution in [1.29, 1.82) is 0 Å². The van der Waals surface area contributed by atoms with Crippen LogP contribution in [0.5, 0.6) is 5.75 Å². The zero-order chi connectivity index (χ0) is 29.8. The molecule has 12 heteroatoms. The third-order valence-electron chi connectivity index (χ3n) is 5.43. The van der Waals surface area contributed by atoms with Crippen molar-refractivity contribution < 1.29 is 41.8 Å². The van der Waals surface area contributed by atoms with Crippen molar-refractivity contribution >= 4 is 34.9 Å². The fourth-order valence-corrected chi connectivity index (χ4v) is 3.38. The lowest BCUT2D eigenvalue weighted by atomic mass is 9.95. The van der Waals surface area contributed by atoms with Gasteiger partial charge in [-0.3, -0.25) is 14.4 Å². The molecule has 208 valence electrons. The van der Waals surface area contributed by atoms with Gasteiger partial charge in [-0.25, -0.2) is 9.37 Å². The van der Waals surface area contributed by atoms with E-state index < -0.39 is 52.8 Å².